The van der Waals surface area contributed by atoms with E-state index in [1.165, 1.54) is 12.1 Å². The molecule has 0 unspecified atom stereocenters. The van der Waals surface area contributed by atoms with Gasteiger partial charge in [-0.15, -0.1) is 0 Å². The smallest absolute Gasteiger partial charge is 0.276 e. The Bertz CT molecular complexity index is 646. The molecule has 0 amide bonds. The molecule has 6 nitrogen and oxygen atoms in total. The Balaban J connectivity index is 2.25. The van der Waals surface area contributed by atoms with Crippen LogP contribution in [0.2, 0.25) is 0 Å². The molecule has 1 aromatic carbocycles. The van der Waals surface area contributed by atoms with Crippen LogP contribution in [0.5, 0.6) is 0 Å². The van der Waals surface area contributed by atoms with Crippen molar-refractivity contribution in [1.82, 2.24) is 4.98 Å². The number of hydrogen-bond donors (Lipinski definition) is 1. The minimum Gasteiger partial charge on any atom is -0.373 e. The molecule has 7 heteroatoms. The fraction of sp³-hybridized carbons (Fsp3) is 0.214. The lowest BCUT2D eigenvalue weighted by Crippen LogP contribution is -2.18. The maximum atomic E-state index is 11.0. The van der Waals surface area contributed by atoms with Crippen LogP contribution < -0.4 is 10.2 Å². The van der Waals surface area contributed by atoms with Crippen LogP contribution in [-0.4, -0.2) is 24.0 Å². The van der Waals surface area contributed by atoms with Gasteiger partial charge in [-0.2, -0.15) is 0 Å². The highest BCUT2D eigenvalue weighted by Crippen LogP contribution is 2.23. The van der Waals surface area contributed by atoms with E-state index >= 15 is 0 Å². The molecular weight excluding hydrogens is 336 g/mol. The Morgan fingerprint density at radius 1 is 1.33 bits per heavy atom. The van der Waals surface area contributed by atoms with Crippen molar-refractivity contribution in [2.45, 2.75) is 6.54 Å². The van der Waals surface area contributed by atoms with Crippen LogP contribution in [0.3, 0.4) is 0 Å². The second-order valence-electron chi connectivity index (χ2n) is 4.56. The van der Waals surface area contributed by atoms with Gasteiger partial charge < -0.3 is 10.2 Å². The Morgan fingerprint density at radius 2 is 2.00 bits per heavy atom. The van der Waals surface area contributed by atoms with Crippen LogP contribution in [0.4, 0.5) is 17.3 Å². The summed E-state index contributed by atoms with van der Waals surface area (Å²) < 4.78 is 1.01. The molecule has 0 saturated heterocycles. The molecule has 0 fully saturated rings. The zero-order chi connectivity index (χ0) is 15.4. The highest BCUT2D eigenvalue weighted by molar-refractivity contribution is 9.10. The molecule has 1 N–H and O–H groups in total. The Hall–Kier alpha value is -2.15. The molecule has 0 spiro atoms. The van der Waals surface area contributed by atoms with Crippen LogP contribution in [0.25, 0.3) is 0 Å². The molecule has 0 radical (unpaired) electrons. The number of halogens is 1. The zero-order valence-corrected chi connectivity index (χ0v) is 13.3. The molecule has 0 bridgehead atoms. The molecule has 0 aliphatic heterocycles. The largest absolute Gasteiger partial charge is 0.373 e. The number of nitro groups is 1. The van der Waals surface area contributed by atoms with Gasteiger partial charge in [0.2, 0.25) is 0 Å². The van der Waals surface area contributed by atoms with Crippen LogP contribution >= 0.6 is 15.9 Å². The Kier molecular flexibility index (Phi) is 4.74. The number of anilines is 2. The topological polar surface area (TPSA) is 71.3 Å². The monoisotopic (exact) mass is 350 g/mol. The number of rotatable bonds is 5. The fourth-order valence-electron chi connectivity index (χ4n) is 1.88. The van der Waals surface area contributed by atoms with Gasteiger partial charge in [-0.05, 0) is 17.7 Å². The van der Waals surface area contributed by atoms with Gasteiger partial charge in [-0.3, -0.25) is 10.1 Å². The van der Waals surface area contributed by atoms with Crippen LogP contribution in [0.1, 0.15) is 5.56 Å². The Labute approximate surface area is 131 Å². The summed E-state index contributed by atoms with van der Waals surface area (Å²) in [4.78, 5) is 16.8. The van der Waals surface area contributed by atoms with Gasteiger partial charge in [0, 0.05) is 25.1 Å². The van der Waals surface area contributed by atoms with E-state index in [2.05, 4.69) is 26.2 Å². The van der Waals surface area contributed by atoms with E-state index in [-0.39, 0.29) is 5.69 Å². The van der Waals surface area contributed by atoms with Crippen molar-refractivity contribution in [3.63, 3.8) is 0 Å². The highest BCUT2D eigenvalue weighted by atomic mass is 79.9. The van der Waals surface area contributed by atoms with Crippen molar-refractivity contribution in [2.75, 3.05) is 24.3 Å². The van der Waals surface area contributed by atoms with Crippen molar-refractivity contribution in [2.24, 2.45) is 0 Å². The van der Waals surface area contributed by atoms with E-state index in [0.717, 1.165) is 10.0 Å². The van der Waals surface area contributed by atoms with Gasteiger partial charge in [0.1, 0.15) is 11.6 Å². The first-order valence-electron chi connectivity index (χ1n) is 6.29. The number of benzene rings is 1. The maximum absolute atomic E-state index is 11.0. The molecule has 21 heavy (non-hydrogen) atoms. The molecule has 0 aliphatic rings. The molecule has 0 aliphatic carbocycles. The number of pyridine rings is 1. The van der Waals surface area contributed by atoms with Crippen LogP contribution in [0, 0.1) is 10.1 Å². The standard InChI is InChI=1S/C14H15BrN4O2/c1-16-13-7-12(19(20)21)8-14(17-13)18(2)9-10-3-5-11(15)6-4-10/h3-8H,9H2,1-2H3,(H,16,17). The summed E-state index contributed by atoms with van der Waals surface area (Å²) in [7, 11) is 3.54. The van der Waals surface area contributed by atoms with Crippen molar-refractivity contribution in [3.05, 3.63) is 56.5 Å². The van der Waals surface area contributed by atoms with E-state index in [4.69, 9.17) is 0 Å². The number of nitrogens with zero attached hydrogens (tertiary/aromatic N) is 3. The average Bonchev–Trinajstić information content (AvgIpc) is 2.49. The van der Waals surface area contributed by atoms with E-state index in [0.29, 0.717) is 18.2 Å². The average molecular weight is 351 g/mol. The summed E-state index contributed by atoms with van der Waals surface area (Å²) >= 11 is 3.39. The normalized spacial score (nSPS) is 10.2. The van der Waals surface area contributed by atoms with Gasteiger partial charge >= 0.3 is 0 Å². The number of aromatic nitrogens is 1. The summed E-state index contributed by atoms with van der Waals surface area (Å²) in [5.41, 5.74) is 1.12. The fourth-order valence-corrected chi connectivity index (χ4v) is 2.14. The SMILES string of the molecule is CNc1cc([N+](=O)[O-])cc(N(C)Cc2ccc(Br)cc2)n1. The third kappa shape index (κ3) is 3.91. The van der Waals surface area contributed by atoms with E-state index in [1.54, 1.807) is 7.05 Å². The molecule has 110 valence electrons. The van der Waals surface area contributed by atoms with Gasteiger partial charge in [0.05, 0.1) is 17.1 Å². The van der Waals surface area contributed by atoms with Gasteiger partial charge in [-0.1, -0.05) is 28.1 Å². The van der Waals surface area contributed by atoms with E-state index in [9.17, 15) is 10.1 Å². The summed E-state index contributed by atoms with van der Waals surface area (Å²) in [6.07, 6.45) is 0. The Morgan fingerprint density at radius 3 is 2.57 bits per heavy atom. The first kappa shape index (κ1) is 15.2. The van der Waals surface area contributed by atoms with Crippen molar-refractivity contribution < 1.29 is 4.92 Å². The lowest BCUT2D eigenvalue weighted by molar-refractivity contribution is -0.384. The van der Waals surface area contributed by atoms with Crippen molar-refractivity contribution in [1.29, 1.82) is 0 Å². The summed E-state index contributed by atoms with van der Waals surface area (Å²) in [5.74, 6) is 1.03. The first-order chi connectivity index (χ1) is 9.99. The lowest BCUT2D eigenvalue weighted by Gasteiger charge is -2.19. The summed E-state index contributed by atoms with van der Waals surface area (Å²) in [5, 5.41) is 13.8. The van der Waals surface area contributed by atoms with Gasteiger partial charge in [0.25, 0.3) is 5.69 Å². The molecule has 2 rings (SSSR count). The lowest BCUT2D eigenvalue weighted by atomic mass is 10.2. The predicted molar refractivity (Wildman–Crippen MR) is 86.7 cm³/mol. The van der Waals surface area contributed by atoms with Gasteiger partial charge in [-0.25, -0.2) is 4.98 Å². The van der Waals surface area contributed by atoms with Crippen LogP contribution in [-0.2, 0) is 6.54 Å². The predicted octanol–water partition coefficient (Wildman–Crippen LogP) is 3.43. The second-order valence-corrected chi connectivity index (χ2v) is 5.47. The molecule has 0 atom stereocenters. The summed E-state index contributed by atoms with van der Waals surface area (Å²) in [6, 6.07) is 10.8. The van der Waals surface area contributed by atoms with Crippen molar-refractivity contribution >= 4 is 33.3 Å². The van der Waals surface area contributed by atoms with E-state index in [1.807, 2.05) is 36.2 Å². The van der Waals surface area contributed by atoms with Gasteiger partial charge in [0.15, 0.2) is 0 Å². The number of nitrogens with one attached hydrogen (secondary N) is 1. The quantitative estimate of drug-likeness (QED) is 0.660. The molecular formula is C14H15BrN4O2. The third-order valence-electron chi connectivity index (χ3n) is 2.99. The molecule has 2 aromatic rings. The number of hydrogen-bond acceptors (Lipinski definition) is 5. The van der Waals surface area contributed by atoms with Crippen molar-refractivity contribution in [3.8, 4) is 0 Å². The minimum atomic E-state index is -0.417. The summed E-state index contributed by atoms with van der Waals surface area (Å²) in [6.45, 7) is 0.616. The maximum Gasteiger partial charge on any atom is 0.276 e. The minimum absolute atomic E-state index is 0.0204. The first-order valence-corrected chi connectivity index (χ1v) is 7.08. The highest BCUT2D eigenvalue weighted by Gasteiger charge is 2.13. The van der Waals surface area contributed by atoms with Crippen LogP contribution in [0.15, 0.2) is 40.9 Å². The molecule has 1 heterocycles. The molecule has 1 aromatic heterocycles. The van der Waals surface area contributed by atoms with E-state index < -0.39 is 4.92 Å². The zero-order valence-electron chi connectivity index (χ0n) is 11.7. The molecule has 0 saturated carbocycles. The second kappa shape index (κ2) is 6.53. The third-order valence-corrected chi connectivity index (χ3v) is 3.52.